The van der Waals surface area contributed by atoms with Gasteiger partial charge in [0.25, 0.3) is 0 Å². The summed E-state index contributed by atoms with van der Waals surface area (Å²) in [4.78, 5) is 0.0175. The maximum absolute atomic E-state index is 12.8. The minimum Gasteiger partial charge on any atom is -0.326 e. The van der Waals surface area contributed by atoms with Crippen LogP contribution in [0.5, 0.6) is 0 Å². The maximum Gasteiger partial charge on any atom is 0.240 e. The first-order valence-electron chi connectivity index (χ1n) is 3.93. The Morgan fingerprint density at radius 3 is 2.53 bits per heavy atom. The molecule has 15 heavy (non-hydrogen) atoms. The molecule has 0 saturated heterocycles. The molecule has 0 aliphatic heterocycles. The van der Waals surface area contributed by atoms with Crippen molar-refractivity contribution in [1.82, 2.24) is 4.72 Å². The van der Waals surface area contributed by atoms with E-state index in [2.05, 4.69) is 4.72 Å². The molecular formula is C8H12ClFN2O2S. The van der Waals surface area contributed by atoms with E-state index >= 15 is 0 Å². The minimum atomic E-state index is -3.55. The molecule has 86 valence electrons. The van der Waals surface area contributed by atoms with Gasteiger partial charge in [-0.25, -0.2) is 17.5 Å². The van der Waals surface area contributed by atoms with E-state index in [1.54, 1.807) is 0 Å². The molecule has 0 unspecified atom stereocenters. The summed E-state index contributed by atoms with van der Waals surface area (Å²) in [6.07, 6.45) is 0. The minimum absolute atomic E-state index is 0. The fraction of sp³-hybridized carbons (Fsp3) is 0.250. The molecule has 0 bridgehead atoms. The first kappa shape index (κ1) is 14.3. The molecule has 1 aromatic rings. The number of nitrogens with two attached hydrogens (primary N) is 1. The second-order valence-electron chi connectivity index (χ2n) is 2.66. The lowest BCUT2D eigenvalue weighted by Crippen LogP contribution is -2.21. The third-order valence-electron chi connectivity index (χ3n) is 1.80. The molecule has 0 heterocycles. The van der Waals surface area contributed by atoms with Gasteiger partial charge >= 0.3 is 0 Å². The number of nitrogens with one attached hydrogen (secondary N) is 1. The Labute approximate surface area is 94.1 Å². The fourth-order valence-electron chi connectivity index (χ4n) is 1.08. The Morgan fingerprint density at radius 1 is 1.47 bits per heavy atom. The summed E-state index contributed by atoms with van der Waals surface area (Å²) >= 11 is 0. The third kappa shape index (κ3) is 3.13. The van der Waals surface area contributed by atoms with Gasteiger partial charge < -0.3 is 5.73 Å². The van der Waals surface area contributed by atoms with Gasteiger partial charge in [-0.05, 0) is 30.8 Å². The van der Waals surface area contributed by atoms with Gasteiger partial charge in [-0.15, -0.1) is 12.4 Å². The molecule has 0 atom stereocenters. The second kappa shape index (κ2) is 5.41. The normalized spacial score (nSPS) is 10.9. The van der Waals surface area contributed by atoms with E-state index in [0.29, 0.717) is 0 Å². The molecule has 0 saturated carbocycles. The van der Waals surface area contributed by atoms with E-state index in [1.165, 1.54) is 13.1 Å². The van der Waals surface area contributed by atoms with Crippen LogP contribution in [0.15, 0.2) is 23.1 Å². The summed E-state index contributed by atoms with van der Waals surface area (Å²) in [5.41, 5.74) is 5.58. The Morgan fingerprint density at radius 2 is 2.07 bits per heavy atom. The molecule has 0 aromatic heterocycles. The quantitative estimate of drug-likeness (QED) is 0.830. The molecule has 0 aliphatic carbocycles. The van der Waals surface area contributed by atoms with E-state index in [9.17, 15) is 12.8 Å². The SMILES string of the molecule is CNS(=O)(=O)c1ccc(F)cc1CN.Cl. The molecule has 0 aliphatic rings. The molecule has 0 amide bonds. The van der Waals surface area contributed by atoms with Gasteiger partial charge in [-0.3, -0.25) is 0 Å². The average Bonchev–Trinajstić information content (AvgIpc) is 2.17. The highest BCUT2D eigenvalue weighted by Gasteiger charge is 2.15. The monoisotopic (exact) mass is 254 g/mol. The van der Waals surface area contributed by atoms with Crippen LogP contribution in [-0.4, -0.2) is 15.5 Å². The molecule has 1 aromatic carbocycles. The van der Waals surface area contributed by atoms with Crippen LogP contribution in [0.25, 0.3) is 0 Å². The predicted molar refractivity (Wildman–Crippen MR) is 57.8 cm³/mol. The molecule has 1 rings (SSSR count). The van der Waals surface area contributed by atoms with Gasteiger partial charge in [0, 0.05) is 6.54 Å². The Kier molecular flexibility index (Phi) is 5.16. The van der Waals surface area contributed by atoms with Crippen molar-refractivity contribution in [3.8, 4) is 0 Å². The van der Waals surface area contributed by atoms with Crippen LogP contribution in [0.3, 0.4) is 0 Å². The highest BCUT2D eigenvalue weighted by Crippen LogP contribution is 2.15. The summed E-state index contributed by atoms with van der Waals surface area (Å²) in [6, 6.07) is 3.40. The van der Waals surface area contributed by atoms with E-state index < -0.39 is 15.8 Å². The lowest BCUT2D eigenvalue weighted by Gasteiger charge is -2.07. The summed E-state index contributed by atoms with van der Waals surface area (Å²) in [5, 5.41) is 0. The van der Waals surface area contributed by atoms with Crippen LogP contribution in [-0.2, 0) is 16.6 Å². The van der Waals surface area contributed by atoms with E-state index in [0.717, 1.165) is 12.1 Å². The Balaban J connectivity index is 0.00000196. The lowest BCUT2D eigenvalue weighted by molar-refractivity contribution is 0.585. The zero-order chi connectivity index (χ0) is 10.8. The van der Waals surface area contributed by atoms with Crippen molar-refractivity contribution in [3.05, 3.63) is 29.6 Å². The molecule has 7 heteroatoms. The number of sulfonamides is 1. The van der Waals surface area contributed by atoms with Crippen molar-refractivity contribution >= 4 is 22.4 Å². The highest BCUT2D eigenvalue weighted by atomic mass is 35.5. The fourth-order valence-corrected chi connectivity index (χ4v) is 2.03. The summed E-state index contributed by atoms with van der Waals surface area (Å²) in [7, 11) is -2.26. The zero-order valence-corrected chi connectivity index (χ0v) is 9.66. The van der Waals surface area contributed by atoms with Crippen molar-refractivity contribution in [3.63, 3.8) is 0 Å². The van der Waals surface area contributed by atoms with E-state index in [1.807, 2.05) is 0 Å². The summed E-state index contributed by atoms with van der Waals surface area (Å²) in [6.45, 7) is -0.0198. The van der Waals surface area contributed by atoms with Crippen LogP contribution in [0, 0.1) is 5.82 Å². The number of hydrogen-bond donors (Lipinski definition) is 2. The van der Waals surface area contributed by atoms with Crippen molar-refractivity contribution in [2.45, 2.75) is 11.4 Å². The molecule has 0 spiro atoms. The second-order valence-corrected chi connectivity index (χ2v) is 4.52. The molecule has 4 nitrogen and oxygen atoms in total. The zero-order valence-electron chi connectivity index (χ0n) is 8.03. The van der Waals surface area contributed by atoms with Crippen LogP contribution in [0.4, 0.5) is 4.39 Å². The molecule has 0 radical (unpaired) electrons. The summed E-state index contributed by atoms with van der Waals surface area (Å²) in [5.74, 6) is -0.500. The van der Waals surface area contributed by atoms with Crippen LogP contribution >= 0.6 is 12.4 Å². The first-order chi connectivity index (χ1) is 6.51. The number of halogens is 2. The third-order valence-corrected chi connectivity index (χ3v) is 3.32. The molecule has 0 fully saturated rings. The molecule has 3 N–H and O–H groups in total. The maximum atomic E-state index is 12.8. The van der Waals surface area contributed by atoms with E-state index in [-0.39, 0.29) is 29.4 Å². The van der Waals surface area contributed by atoms with E-state index in [4.69, 9.17) is 5.73 Å². The standard InChI is InChI=1S/C8H11FN2O2S.ClH/c1-11-14(12,13)8-3-2-7(9)4-6(8)5-10;/h2-4,11H,5,10H2,1H3;1H. The predicted octanol–water partition coefficient (Wildman–Crippen LogP) is 0.614. The van der Waals surface area contributed by atoms with Crippen molar-refractivity contribution in [1.29, 1.82) is 0 Å². The van der Waals surface area contributed by atoms with Crippen LogP contribution < -0.4 is 10.5 Å². The summed E-state index contributed by atoms with van der Waals surface area (Å²) < 4.78 is 37.7. The lowest BCUT2D eigenvalue weighted by atomic mass is 10.2. The highest BCUT2D eigenvalue weighted by molar-refractivity contribution is 7.89. The van der Waals surface area contributed by atoms with Gasteiger partial charge in [0.05, 0.1) is 4.90 Å². The smallest absolute Gasteiger partial charge is 0.240 e. The molecular weight excluding hydrogens is 243 g/mol. The van der Waals surface area contributed by atoms with Crippen LogP contribution in [0.1, 0.15) is 5.56 Å². The van der Waals surface area contributed by atoms with Crippen molar-refractivity contribution in [2.75, 3.05) is 7.05 Å². The van der Waals surface area contributed by atoms with Gasteiger partial charge in [-0.1, -0.05) is 0 Å². The van der Waals surface area contributed by atoms with Crippen LogP contribution in [0.2, 0.25) is 0 Å². The van der Waals surface area contributed by atoms with Gasteiger partial charge in [0.15, 0.2) is 0 Å². The van der Waals surface area contributed by atoms with Gasteiger partial charge in [-0.2, -0.15) is 0 Å². The van der Waals surface area contributed by atoms with Crippen molar-refractivity contribution in [2.24, 2.45) is 5.73 Å². The number of hydrogen-bond acceptors (Lipinski definition) is 3. The largest absolute Gasteiger partial charge is 0.326 e. The number of benzene rings is 1. The topological polar surface area (TPSA) is 72.2 Å². The Hall–Kier alpha value is -0.690. The van der Waals surface area contributed by atoms with Gasteiger partial charge in [0.1, 0.15) is 5.82 Å². The average molecular weight is 255 g/mol. The first-order valence-corrected chi connectivity index (χ1v) is 5.41. The number of rotatable bonds is 3. The van der Waals surface area contributed by atoms with Crippen molar-refractivity contribution < 1.29 is 12.8 Å². The Bertz CT molecular complexity index is 436. The van der Waals surface area contributed by atoms with Gasteiger partial charge in [0.2, 0.25) is 10.0 Å².